The van der Waals surface area contributed by atoms with E-state index in [0.29, 0.717) is 5.02 Å². The highest BCUT2D eigenvalue weighted by atomic mass is 35.5. The van der Waals surface area contributed by atoms with Gasteiger partial charge in [-0.1, -0.05) is 17.7 Å². The van der Waals surface area contributed by atoms with Crippen molar-refractivity contribution in [1.29, 1.82) is 0 Å². The normalized spacial score (nSPS) is 10.0. The summed E-state index contributed by atoms with van der Waals surface area (Å²) in [6.07, 6.45) is 0. The minimum Gasteiger partial charge on any atom is -0.481 e. The fourth-order valence-corrected chi connectivity index (χ4v) is 1.89. The number of carboxylic acid groups (broad SMARTS) is 1. The lowest BCUT2D eigenvalue weighted by Gasteiger charge is -2.03. The van der Waals surface area contributed by atoms with Gasteiger partial charge in [0.15, 0.2) is 0 Å². The summed E-state index contributed by atoms with van der Waals surface area (Å²) in [5.41, 5.74) is 1.05. The number of benzene rings is 1. The van der Waals surface area contributed by atoms with Crippen LogP contribution >= 0.6 is 23.4 Å². The molecule has 1 aromatic rings. The molecule has 0 atom stereocenters. The van der Waals surface area contributed by atoms with Gasteiger partial charge < -0.3 is 5.11 Å². The zero-order valence-electron chi connectivity index (χ0n) is 7.08. The number of carboxylic acids is 1. The quantitative estimate of drug-likeness (QED) is 0.790. The van der Waals surface area contributed by atoms with Crippen LogP contribution in [0.15, 0.2) is 23.1 Å². The van der Waals surface area contributed by atoms with Gasteiger partial charge in [-0.25, -0.2) is 0 Å². The molecule has 0 saturated heterocycles. The molecule has 0 aliphatic rings. The maximum atomic E-state index is 10.3. The van der Waals surface area contributed by atoms with E-state index in [0.717, 1.165) is 10.5 Å². The Morgan fingerprint density at radius 2 is 2.31 bits per heavy atom. The SMILES string of the molecule is Cc1ccc(Cl)cc1SCC(=O)O. The van der Waals surface area contributed by atoms with Gasteiger partial charge in [-0.15, -0.1) is 11.8 Å². The molecule has 0 spiro atoms. The number of halogens is 1. The third-order valence-corrected chi connectivity index (χ3v) is 2.88. The summed E-state index contributed by atoms with van der Waals surface area (Å²) >= 11 is 7.06. The molecule has 0 unspecified atom stereocenters. The number of hydrogen-bond donors (Lipinski definition) is 1. The average Bonchev–Trinajstić information content (AvgIpc) is 2.06. The van der Waals surface area contributed by atoms with E-state index in [9.17, 15) is 4.79 Å². The summed E-state index contributed by atoms with van der Waals surface area (Å²) in [4.78, 5) is 11.2. The largest absolute Gasteiger partial charge is 0.481 e. The number of rotatable bonds is 3. The van der Waals surface area contributed by atoms with E-state index in [-0.39, 0.29) is 5.75 Å². The average molecular weight is 217 g/mol. The Labute approximate surface area is 85.9 Å². The highest BCUT2D eigenvalue weighted by Gasteiger charge is 2.03. The minimum absolute atomic E-state index is 0.0706. The van der Waals surface area contributed by atoms with Crippen LogP contribution in [0.4, 0.5) is 0 Å². The van der Waals surface area contributed by atoms with Crippen LogP contribution in [0, 0.1) is 6.92 Å². The molecular formula is C9H9ClO2S. The van der Waals surface area contributed by atoms with Crippen molar-refractivity contribution in [2.75, 3.05) is 5.75 Å². The van der Waals surface area contributed by atoms with Crippen molar-refractivity contribution in [2.45, 2.75) is 11.8 Å². The predicted octanol–water partition coefficient (Wildman–Crippen LogP) is 2.83. The molecule has 0 fully saturated rings. The Morgan fingerprint density at radius 3 is 2.92 bits per heavy atom. The smallest absolute Gasteiger partial charge is 0.313 e. The zero-order valence-corrected chi connectivity index (χ0v) is 8.65. The lowest BCUT2D eigenvalue weighted by Crippen LogP contribution is -1.97. The van der Waals surface area contributed by atoms with E-state index in [1.165, 1.54) is 11.8 Å². The Morgan fingerprint density at radius 1 is 1.62 bits per heavy atom. The number of carbonyl (C=O) groups is 1. The lowest BCUT2D eigenvalue weighted by atomic mass is 10.2. The lowest BCUT2D eigenvalue weighted by molar-refractivity contribution is -0.133. The molecule has 2 nitrogen and oxygen atoms in total. The van der Waals surface area contributed by atoms with Crippen LogP contribution < -0.4 is 0 Å². The van der Waals surface area contributed by atoms with Crippen LogP contribution in [0.5, 0.6) is 0 Å². The molecule has 1 aromatic carbocycles. The van der Waals surface area contributed by atoms with Gasteiger partial charge in [-0.2, -0.15) is 0 Å². The van der Waals surface area contributed by atoms with Crippen molar-refractivity contribution in [3.05, 3.63) is 28.8 Å². The van der Waals surface area contributed by atoms with Crippen molar-refractivity contribution < 1.29 is 9.90 Å². The molecular weight excluding hydrogens is 208 g/mol. The van der Waals surface area contributed by atoms with Gasteiger partial charge >= 0.3 is 5.97 Å². The Balaban J connectivity index is 2.75. The molecule has 0 bridgehead atoms. The topological polar surface area (TPSA) is 37.3 Å². The first-order valence-electron chi connectivity index (χ1n) is 3.70. The molecule has 13 heavy (non-hydrogen) atoms. The molecule has 1 rings (SSSR count). The second kappa shape index (κ2) is 4.53. The summed E-state index contributed by atoms with van der Waals surface area (Å²) in [6.45, 7) is 1.93. The molecule has 0 heterocycles. The first kappa shape index (κ1) is 10.4. The minimum atomic E-state index is -0.815. The second-order valence-electron chi connectivity index (χ2n) is 2.59. The number of thioether (sulfide) groups is 1. The molecule has 0 aliphatic heterocycles. The van der Waals surface area contributed by atoms with E-state index in [4.69, 9.17) is 16.7 Å². The highest BCUT2D eigenvalue weighted by Crippen LogP contribution is 2.25. The highest BCUT2D eigenvalue weighted by molar-refractivity contribution is 8.00. The summed E-state index contributed by atoms with van der Waals surface area (Å²) < 4.78 is 0. The van der Waals surface area contributed by atoms with E-state index in [1.54, 1.807) is 12.1 Å². The second-order valence-corrected chi connectivity index (χ2v) is 4.05. The molecule has 1 N–H and O–H groups in total. The predicted molar refractivity (Wildman–Crippen MR) is 54.5 cm³/mol. The van der Waals surface area contributed by atoms with Crippen molar-refractivity contribution >= 4 is 29.3 Å². The van der Waals surface area contributed by atoms with Crippen molar-refractivity contribution in [2.24, 2.45) is 0 Å². The number of aliphatic carboxylic acids is 1. The molecule has 0 aromatic heterocycles. The van der Waals surface area contributed by atoms with Gasteiger partial charge in [0, 0.05) is 9.92 Å². The Kier molecular flexibility index (Phi) is 3.63. The zero-order chi connectivity index (χ0) is 9.84. The molecule has 0 aliphatic carbocycles. The summed E-state index contributed by atoms with van der Waals surface area (Å²) in [5.74, 6) is -0.745. The van der Waals surface area contributed by atoms with Crippen LogP contribution in [0.2, 0.25) is 5.02 Å². The van der Waals surface area contributed by atoms with E-state index >= 15 is 0 Å². The van der Waals surface area contributed by atoms with Gasteiger partial charge in [0.2, 0.25) is 0 Å². The molecule has 0 amide bonds. The van der Waals surface area contributed by atoms with Crippen LogP contribution in [0.3, 0.4) is 0 Å². The van der Waals surface area contributed by atoms with Gasteiger partial charge in [0.1, 0.15) is 0 Å². The van der Waals surface area contributed by atoms with E-state index in [2.05, 4.69) is 0 Å². The monoisotopic (exact) mass is 216 g/mol. The van der Waals surface area contributed by atoms with Crippen LogP contribution in [0.1, 0.15) is 5.56 Å². The summed E-state index contributed by atoms with van der Waals surface area (Å²) in [7, 11) is 0. The van der Waals surface area contributed by atoms with Gasteiger partial charge in [0.05, 0.1) is 5.75 Å². The van der Waals surface area contributed by atoms with Gasteiger partial charge in [0.25, 0.3) is 0 Å². The van der Waals surface area contributed by atoms with Crippen molar-refractivity contribution in [3.8, 4) is 0 Å². The summed E-state index contributed by atoms with van der Waals surface area (Å²) in [6, 6.07) is 5.46. The first-order valence-corrected chi connectivity index (χ1v) is 5.06. The van der Waals surface area contributed by atoms with Gasteiger partial charge in [-0.3, -0.25) is 4.79 Å². The third-order valence-electron chi connectivity index (χ3n) is 1.50. The molecule has 70 valence electrons. The first-order chi connectivity index (χ1) is 6.09. The van der Waals surface area contributed by atoms with Crippen LogP contribution in [-0.2, 0) is 4.79 Å². The fraction of sp³-hybridized carbons (Fsp3) is 0.222. The third kappa shape index (κ3) is 3.28. The Hall–Kier alpha value is -0.670. The van der Waals surface area contributed by atoms with Crippen molar-refractivity contribution in [3.63, 3.8) is 0 Å². The summed E-state index contributed by atoms with van der Waals surface area (Å²) in [5, 5.41) is 9.12. The van der Waals surface area contributed by atoms with Crippen LogP contribution in [-0.4, -0.2) is 16.8 Å². The van der Waals surface area contributed by atoms with E-state index < -0.39 is 5.97 Å². The van der Waals surface area contributed by atoms with Crippen molar-refractivity contribution in [1.82, 2.24) is 0 Å². The van der Waals surface area contributed by atoms with E-state index in [1.807, 2.05) is 13.0 Å². The van der Waals surface area contributed by atoms with Gasteiger partial charge in [-0.05, 0) is 24.6 Å². The standard InChI is InChI=1S/C9H9ClO2S/c1-6-2-3-7(10)4-8(6)13-5-9(11)12/h2-4H,5H2,1H3,(H,11,12). The number of aryl methyl sites for hydroxylation is 1. The maximum Gasteiger partial charge on any atom is 0.313 e. The molecule has 4 heteroatoms. The van der Waals surface area contributed by atoms with Crippen LogP contribution in [0.25, 0.3) is 0 Å². The fourth-order valence-electron chi connectivity index (χ4n) is 0.869. The number of hydrogen-bond acceptors (Lipinski definition) is 2. The molecule has 0 saturated carbocycles. The maximum absolute atomic E-state index is 10.3. The molecule has 0 radical (unpaired) electrons. The Bertz CT molecular complexity index is 325.